The van der Waals surface area contributed by atoms with Gasteiger partial charge in [-0.1, -0.05) is 47.1 Å². The molecule has 0 aliphatic rings. The lowest BCUT2D eigenvalue weighted by atomic mass is 9.97. The van der Waals surface area contributed by atoms with Gasteiger partial charge in [0.25, 0.3) is 0 Å². The van der Waals surface area contributed by atoms with Crippen LogP contribution in [0.4, 0.5) is 4.39 Å². The molecule has 0 saturated carbocycles. The molecule has 112 valence electrons. The summed E-state index contributed by atoms with van der Waals surface area (Å²) in [5.41, 5.74) is 2.25. The zero-order valence-corrected chi connectivity index (χ0v) is 12.5. The minimum Gasteiger partial charge on any atom is -0.383 e. The fourth-order valence-corrected chi connectivity index (χ4v) is 2.59. The first-order chi connectivity index (χ1) is 10.6. The number of benzene rings is 2. The van der Waals surface area contributed by atoms with Crippen molar-refractivity contribution in [3.63, 3.8) is 0 Å². The highest BCUT2D eigenvalue weighted by Crippen LogP contribution is 2.36. The summed E-state index contributed by atoms with van der Waals surface area (Å²) in [6.07, 6.45) is -0.974. The third kappa shape index (κ3) is 2.63. The van der Waals surface area contributed by atoms with E-state index in [1.807, 2.05) is 12.1 Å². The van der Waals surface area contributed by atoms with Crippen molar-refractivity contribution in [3.05, 3.63) is 76.3 Å². The van der Waals surface area contributed by atoms with Crippen molar-refractivity contribution in [3.8, 4) is 11.3 Å². The average Bonchev–Trinajstić information content (AvgIpc) is 2.89. The van der Waals surface area contributed by atoms with Gasteiger partial charge in [-0.2, -0.15) is 0 Å². The summed E-state index contributed by atoms with van der Waals surface area (Å²) < 4.78 is 18.3. The molecule has 3 aromatic rings. The first-order valence-electron chi connectivity index (χ1n) is 6.72. The highest BCUT2D eigenvalue weighted by Gasteiger charge is 2.24. The van der Waals surface area contributed by atoms with E-state index in [1.54, 1.807) is 19.1 Å². The zero-order valence-electron chi connectivity index (χ0n) is 11.8. The maximum atomic E-state index is 13.0. The van der Waals surface area contributed by atoms with Gasteiger partial charge in [-0.25, -0.2) is 4.39 Å². The van der Waals surface area contributed by atoms with Crippen molar-refractivity contribution in [1.82, 2.24) is 5.16 Å². The summed E-state index contributed by atoms with van der Waals surface area (Å²) in [6, 6.07) is 12.9. The first kappa shape index (κ1) is 14.8. The minimum atomic E-state index is -0.974. The molecule has 0 unspecified atom stereocenters. The van der Waals surface area contributed by atoms with Crippen LogP contribution in [0.1, 0.15) is 23.0 Å². The molecule has 3 rings (SSSR count). The van der Waals surface area contributed by atoms with E-state index in [1.165, 1.54) is 24.3 Å². The monoisotopic (exact) mass is 317 g/mol. The van der Waals surface area contributed by atoms with Crippen molar-refractivity contribution >= 4 is 11.6 Å². The first-order valence-corrected chi connectivity index (χ1v) is 7.10. The molecule has 1 atom stereocenters. The van der Waals surface area contributed by atoms with Gasteiger partial charge in [-0.05, 0) is 30.7 Å². The van der Waals surface area contributed by atoms with Crippen LogP contribution in [-0.4, -0.2) is 10.3 Å². The molecule has 3 nitrogen and oxygen atoms in total. The van der Waals surface area contributed by atoms with Crippen molar-refractivity contribution in [1.29, 1.82) is 0 Å². The van der Waals surface area contributed by atoms with E-state index in [2.05, 4.69) is 5.16 Å². The smallest absolute Gasteiger partial charge is 0.140 e. The molecule has 0 bridgehead atoms. The molecule has 1 heterocycles. The summed E-state index contributed by atoms with van der Waals surface area (Å²) in [5.74, 6) is 0.135. The summed E-state index contributed by atoms with van der Waals surface area (Å²) >= 11 is 6.20. The van der Waals surface area contributed by atoms with E-state index in [-0.39, 0.29) is 5.82 Å². The maximum Gasteiger partial charge on any atom is 0.140 e. The third-order valence-corrected chi connectivity index (χ3v) is 3.83. The Balaban J connectivity index is 2.10. The van der Waals surface area contributed by atoms with Crippen LogP contribution in [0.2, 0.25) is 5.02 Å². The molecule has 0 aliphatic heterocycles. The highest BCUT2D eigenvalue weighted by molar-refractivity contribution is 6.33. The van der Waals surface area contributed by atoms with Crippen molar-refractivity contribution in [2.75, 3.05) is 0 Å². The SMILES string of the molecule is Cc1onc(-c2ccccc2Cl)c1[C@@H](O)c1ccc(F)cc1. The second-order valence-corrected chi connectivity index (χ2v) is 5.34. The van der Waals surface area contributed by atoms with Crippen molar-refractivity contribution in [2.24, 2.45) is 0 Å². The quantitative estimate of drug-likeness (QED) is 0.772. The zero-order chi connectivity index (χ0) is 15.7. The summed E-state index contributed by atoms with van der Waals surface area (Å²) in [4.78, 5) is 0. The van der Waals surface area contributed by atoms with Gasteiger partial charge in [0.1, 0.15) is 23.4 Å². The summed E-state index contributed by atoms with van der Waals surface area (Å²) in [7, 11) is 0. The molecule has 0 aliphatic carbocycles. The average molecular weight is 318 g/mol. The van der Waals surface area contributed by atoms with E-state index >= 15 is 0 Å². The molecule has 2 aromatic carbocycles. The van der Waals surface area contributed by atoms with E-state index < -0.39 is 6.10 Å². The molecular weight excluding hydrogens is 305 g/mol. The van der Waals surface area contributed by atoms with Gasteiger partial charge in [-0.3, -0.25) is 0 Å². The number of aliphatic hydroxyl groups excluding tert-OH is 1. The fraction of sp³-hybridized carbons (Fsp3) is 0.118. The second kappa shape index (κ2) is 5.91. The fourth-order valence-electron chi connectivity index (χ4n) is 2.36. The topological polar surface area (TPSA) is 46.3 Å². The van der Waals surface area contributed by atoms with Crippen LogP contribution in [0.15, 0.2) is 53.1 Å². The number of aryl methyl sites for hydroxylation is 1. The summed E-state index contributed by atoms with van der Waals surface area (Å²) in [6.45, 7) is 1.72. The van der Waals surface area contributed by atoms with Gasteiger partial charge in [0.05, 0.1) is 10.6 Å². The number of hydrogen-bond acceptors (Lipinski definition) is 3. The third-order valence-electron chi connectivity index (χ3n) is 3.50. The van der Waals surface area contributed by atoms with E-state index in [4.69, 9.17) is 16.1 Å². The van der Waals surface area contributed by atoms with Gasteiger partial charge in [0.2, 0.25) is 0 Å². The minimum absolute atomic E-state index is 0.357. The Hall–Kier alpha value is -2.17. The van der Waals surface area contributed by atoms with E-state index in [0.29, 0.717) is 33.2 Å². The van der Waals surface area contributed by atoms with Crippen LogP contribution in [-0.2, 0) is 0 Å². The molecule has 0 saturated heterocycles. The predicted octanol–water partition coefficient (Wildman–Crippen LogP) is 4.52. The number of aliphatic hydroxyl groups is 1. The summed E-state index contributed by atoms with van der Waals surface area (Å²) in [5, 5.41) is 15.2. The van der Waals surface area contributed by atoms with E-state index in [0.717, 1.165) is 0 Å². The molecule has 0 amide bonds. The van der Waals surface area contributed by atoms with Crippen LogP contribution >= 0.6 is 11.6 Å². The highest BCUT2D eigenvalue weighted by atomic mass is 35.5. The molecule has 22 heavy (non-hydrogen) atoms. The van der Waals surface area contributed by atoms with Crippen LogP contribution < -0.4 is 0 Å². The van der Waals surface area contributed by atoms with Crippen molar-refractivity contribution < 1.29 is 14.0 Å². The Morgan fingerprint density at radius 3 is 2.50 bits per heavy atom. The maximum absolute atomic E-state index is 13.0. The molecule has 0 radical (unpaired) electrons. The standard InChI is InChI=1S/C17H13ClFNO2/c1-10-15(17(21)11-6-8-12(19)9-7-11)16(20-22-10)13-4-2-3-5-14(13)18/h2-9,17,21H,1H3/t17-/m0/s1. The van der Waals surface area contributed by atoms with Crippen LogP contribution in [0.5, 0.6) is 0 Å². The molecule has 1 N–H and O–H groups in total. The number of nitrogens with zero attached hydrogens (tertiary/aromatic N) is 1. The van der Waals surface area contributed by atoms with Gasteiger partial charge >= 0.3 is 0 Å². The molecule has 0 spiro atoms. The van der Waals surface area contributed by atoms with Gasteiger partial charge < -0.3 is 9.63 Å². The van der Waals surface area contributed by atoms with Crippen LogP contribution in [0.25, 0.3) is 11.3 Å². The Bertz CT molecular complexity index is 799. The van der Waals surface area contributed by atoms with Gasteiger partial charge in [0.15, 0.2) is 0 Å². The number of halogens is 2. The van der Waals surface area contributed by atoms with Crippen molar-refractivity contribution in [2.45, 2.75) is 13.0 Å². The number of rotatable bonds is 3. The molecule has 0 fully saturated rings. The van der Waals surface area contributed by atoms with Gasteiger partial charge in [-0.15, -0.1) is 0 Å². The Kier molecular flexibility index (Phi) is 3.96. The van der Waals surface area contributed by atoms with Crippen LogP contribution in [0.3, 0.4) is 0 Å². The Morgan fingerprint density at radius 1 is 1.14 bits per heavy atom. The molecule has 5 heteroatoms. The lowest BCUT2D eigenvalue weighted by molar-refractivity contribution is 0.218. The van der Waals surface area contributed by atoms with E-state index in [9.17, 15) is 9.50 Å². The van der Waals surface area contributed by atoms with Crippen LogP contribution in [0, 0.1) is 12.7 Å². The molecule has 1 aromatic heterocycles. The normalized spacial score (nSPS) is 12.4. The predicted molar refractivity (Wildman–Crippen MR) is 82.1 cm³/mol. The lowest BCUT2D eigenvalue weighted by Crippen LogP contribution is -2.02. The second-order valence-electron chi connectivity index (χ2n) is 4.93. The van der Waals surface area contributed by atoms with Gasteiger partial charge in [0, 0.05) is 5.56 Å². The Labute approximate surface area is 132 Å². The molecular formula is C17H13ClFNO2. The number of aromatic nitrogens is 1. The lowest BCUT2D eigenvalue weighted by Gasteiger charge is -2.12. The largest absolute Gasteiger partial charge is 0.383 e. The number of hydrogen-bond donors (Lipinski definition) is 1. The Morgan fingerprint density at radius 2 is 1.82 bits per heavy atom.